The van der Waals surface area contributed by atoms with Gasteiger partial charge in [-0.1, -0.05) is 11.6 Å². The number of nitro benzene ring substituents is 1. The van der Waals surface area contributed by atoms with Gasteiger partial charge in [-0.15, -0.1) is 0 Å². The molecule has 0 fully saturated rings. The molecule has 10 nitrogen and oxygen atoms in total. The van der Waals surface area contributed by atoms with Crippen molar-refractivity contribution in [2.45, 2.75) is 39.7 Å². The molecule has 12 heteroatoms. The van der Waals surface area contributed by atoms with E-state index in [0.29, 0.717) is 0 Å². The molecule has 0 saturated carbocycles. The highest BCUT2D eigenvalue weighted by molar-refractivity contribution is 7.90. The third-order valence-electron chi connectivity index (χ3n) is 4.53. The van der Waals surface area contributed by atoms with Gasteiger partial charge in [0, 0.05) is 46.1 Å². The Morgan fingerprint density at radius 2 is 1.84 bits per heavy atom. The van der Waals surface area contributed by atoms with E-state index in [-0.39, 0.29) is 38.8 Å². The van der Waals surface area contributed by atoms with Crippen molar-refractivity contribution in [3.63, 3.8) is 0 Å². The van der Waals surface area contributed by atoms with E-state index in [1.165, 1.54) is 19.9 Å². The van der Waals surface area contributed by atoms with Crippen LogP contribution in [0.25, 0.3) is 0 Å². The summed E-state index contributed by atoms with van der Waals surface area (Å²) in [4.78, 5) is 35.7. The highest BCUT2D eigenvalue weighted by Gasteiger charge is 2.39. The molecule has 168 valence electrons. The first kappa shape index (κ1) is 24.5. The fourth-order valence-corrected chi connectivity index (χ4v) is 5.00. The van der Waals surface area contributed by atoms with Crippen LogP contribution in [0.1, 0.15) is 39.2 Å². The summed E-state index contributed by atoms with van der Waals surface area (Å²) in [6, 6.07) is 3.03. The lowest BCUT2D eigenvalue weighted by atomic mass is 9.79. The van der Waals surface area contributed by atoms with Crippen molar-refractivity contribution in [2.75, 3.05) is 5.75 Å². The second-order valence-corrected chi connectivity index (χ2v) is 9.52. The number of carbonyl (C=O) groups excluding carboxylic acids is 1. The van der Waals surface area contributed by atoms with Crippen LogP contribution < -0.4 is 10.0 Å². The number of ketones is 1. The lowest BCUT2D eigenvalue weighted by Crippen LogP contribution is -2.38. The predicted molar refractivity (Wildman–Crippen MR) is 114 cm³/mol. The zero-order valence-electron chi connectivity index (χ0n) is 17.2. The Labute approximate surface area is 184 Å². The number of nitro groups is 1. The van der Waals surface area contributed by atoms with Crippen LogP contribution >= 0.6 is 11.6 Å². The zero-order valence-corrected chi connectivity index (χ0v) is 18.8. The van der Waals surface area contributed by atoms with Crippen LogP contribution in [0.3, 0.4) is 0 Å². The molecule has 0 radical (unpaired) electrons. The average Bonchev–Trinajstić information content (AvgIpc) is 2.58. The number of sulfonamides is 1. The van der Waals surface area contributed by atoms with E-state index in [1.54, 1.807) is 13.8 Å². The number of benzene rings is 1. The van der Waals surface area contributed by atoms with Gasteiger partial charge in [0.15, 0.2) is 5.78 Å². The van der Waals surface area contributed by atoms with Gasteiger partial charge in [0.2, 0.25) is 10.0 Å². The van der Waals surface area contributed by atoms with E-state index in [0.717, 1.165) is 12.1 Å². The van der Waals surface area contributed by atoms with Gasteiger partial charge >= 0.3 is 5.97 Å². The van der Waals surface area contributed by atoms with Crippen LogP contribution in [-0.2, 0) is 19.6 Å². The molecule has 1 aliphatic rings. The number of nitrogens with zero attached hydrogens (tertiary/aromatic N) is 1. The summed E-state index contributed by atoms with van der Waals surface area (Å²) in [7, 11) is -4.01. The molecule has 0 aromatic heterocycles. The molecule has 1 aliphatic heterocycles. The van der Waals surface area contributed by atoms with E-state index in [4.69, 9.17) is 11.6 Å². The molecule has 1 heterocycles. The van der Waals surface area contributed by atoms with E-state index >= 15 is 0 Å². The fraction of sp³-hybridized carbons (Fsp3) is 0.368. The van der Waals surface area contributed by atoms with Gasteiger partial charge in [0.25, 0.3) is 5.69 Å². The Balaban J connectivity index is 2.70. The first-order valence-electron chi connectivity index (χ1n) is 9.14. The minimum Gasteiger partial charge on any atom is -0.478 e. The summed E-state index contributed by atoms with van der Waals surface area (Å²) in [5, 5.41) is 23.9. The van der Waals surface area contributed by atoms with Crippen molar-refractivity contribution in [1.29, 1.82) is 0 Å². The lowest BCUT2D eigenvalue weighted by molar-refractivity contribution is -0.384. The number of hydrogen-bond acceptors (Lipinski definition) is 7. The van der Waals surface area contributed by atoms with Crippen molar-refractivity contribution < 1.29 is 28.0 Å². The number of nitrogens with one attached hydrogen (secondary N) is 2. The number of carboxylic acids is 1. The molecule has 1 unspecified atom stereocenters. The second-order valence-electron chi connectivity index (χ2n) is 7.36. The van der Waals surface area contributed by atoms with Crippen molar-refractivity contribution in [1.82, 2.24) is 10.0 Å². The van der Waals surface area contributed by atoms with Crippen molar-refractivity contribution in [2.24, 2.45) is 0 Å². The topological polar surface area (TPSA) is 156 Å². The maximum atomic E-state index is 13.1. The minimum absolute atomic E-state index is 0.00492. The molecule has 0 spiro atoms. The van der Waals surface area contributed by atoms with Crippen LogP contribution in [0.4, 0.5) is 5.69 Å². The Morgan fingerprint density at radius 3 is 2.35 bits per heavy atom. The Bertz CT molecular complexity index is 1120. The van der Waals surface area contributed by atoms with Gasteiger partial charge < -0.3 is 10.4 Å². The molecule has 31 heavy (non-hydrogen) atoms. The van der Waals surface area contributed by atoms with Gasteiger partial charge in [-0.25, -0.2) is 17.9 Å². The minimum atomic E-state index is -4.01. The van der Waals surface area contributed by atoms with Gasteiger partial charge in [-0.05, 0) is 39.3 Å². The first-order valence-corrected chi connectivity index (χ1v) is 11.2. The van der Waals surface area contributed by atoms with E-state index in [9.17, 15) is 33.2 Å². The number of Topliss-reactive ketones (excluding diaryl/α,β-unsaturated/α-hetero) is 1. The summed E-state index contributed by atoms with van der Waals surface area (Å²) in [5.74, 6) is -4.45. The molecule has 3 N–H and O–H groups in total. The molecule has 1 aromatic carbocycles. The van der Waals surface area contributed by atoms with Crippen LogP contribution in [0.15, 0.2) is 40.7 Å². The number of non-ortho nitro benzene ring substituents is 1. The van der Waals surface area contributed by atoms with Crippen LogP contribution in [0, 0.1) is 10.1 Å². The highest BCUT2D eigenvalue weighted by atomic mass is 35.5. The average molecular weight is 472 g/mol. The summed E-state index contributed by atoms with van der Waals surface area (Å²) in [6.45, 7) is 6.16. The number of halogens is 1. The number of aliphatic carboxylic acids is 1. The molecule has 0 amide bonds. The van der Waals surface area contributed by atoms with Gasteiger partial charge in [0.05, 0.1) is 10.5 Å². The van der Waals surface area contributed by atoms with Gasteiger partial charge in [-0.2, -0.15) is 0 Å². The Morgan fingerprint density at radius 1 is 1.26 bits per heavy atom. The molecule has 1 aromatic rings. The predicted octanol–water partition coefficient (Wildman–Crippen LogP) is 2.46. The van der Waals surface area contributed by atoms with Crippen LogP contribution in [0.5, 0.6) is 0 Å². The molecule has 0 aliphatic carbocycles. The maximum absolute atomic E-state index is 13.1. The van der Waals surface area contributed by atoms with Crippen LogP contribution in [-0.4, -0.2) is 42.0 Å². The van der Waals surface area contributed by atoms with Gasteiger partial charge in [-0.3, -0.25) is 14.9 Å². The monoisotopic (exact) mass is 471 g/mol. The smallest absolute Gasteiger partial charge is 0.334 e. The van der Waals surface area contributed by atoms with E-state index in [2.05, 4.69) is 10.0 Å². The number of rotatable bonds is 8. The number of dihydropyridines is 1. The summed E-state index contributed by atoms with van der Waals surface area (Å²) >= 11 is 6.25. The lowest BCUT2D eigenvalue weighted by Gasteiger charge is -2.30. The third-order valence-corrected chi connectivity index (χ3v) is 6.35. The molecule has 2 rings (SSSR count). The van der Waals surface area contributed by atoms with Crippen molar-refractivity contribution >= 4 is 39.1 Å². The van der Waals surface area contributed by atoms with E-state index < -0.39 is 44.4 Å². The number of hydrogen-bond donors (Lipinski definition) is 3. The van der Waals surface area contributed by atoms with Gasteiger partial charge in [0.1, 0.15) is 5.75 Å². The third kappa shape index (κ3) is 5.49. The first-order chi connectivity index (χ1) is 14.2. The summed E-state index contributed by atoms with van der Waals surface area (Å²) < 4.78 is 26.9. The standard InChI is InChI=1S/C19H22ClN3O7S/c1-9(2)22-31(29,30)8-15(24)16-10(3)21-11(4)17(19(25)26)18(16)13-7-12(23(27)28)5-6-14(13)20/h5-7,9,18,21-22H,8H2,1-4H3,(H,25,26). The fourth-order valence-electron chi connectivity index (χ4n) is 3.48. The number of carboxylic acid groups (broad SMARTS) is 1. The summed E-state index contributed by atoms with van der Waals surface area (Å²) in [6.07, 6.45) is 0. The molecule has 0 saturated heterocycles. The summed E-state index contributed by atoms with van der Waals surface area (Å²) in [5.41, 5.74) is -0.285. The largest absolute Gasteiger partial charge is 0.478 e. The molecule has 0 bridgehead atoms. The maximum Gasteiger partial charge on any atom is 0.334 e. The van der Waals surface area contributed by atoms with Crippen molar-refractivity contribution in [3.8, 4) is 0 Å². The quantitative estimate of drug-likeness (QED) is 0.385. The SMILES string of the molecule is CC1=C(C(=O)O)C(c2cc([N+](=O)[O-])ccc2Cl)C(C(=O)CS(=O)(=O)NC(C)C)=C(C)N1. The van der Waals surface area contributed by atoms with Crippen LogP contribution in [0.2, 0.25) is 5.02 Å². The highest BCUT2D eigenvalue weighted by Crippen LogP contribution is 2.42. The number of carbonyl (C=O) groups is 2. The molecular formula is C19H22ClN3O7S. The molecule has 1 atom stereocenters. The zero-order chi connectivity index (χ0) is 23.7. The normalized spacial score (nSPS) is 17.0. The Kier molecular flexibility index (Phi) is 7.25. The Hall–Kier alpha value is -2.76. The molecular weight excluding hydrogens is 450 g/mol. The number of allylic oxidation sites excluding steroid dienone is 3. The van der Waals surface area contributed by atoms with Crippen molar-refractivity contribution in [3.05, 3.63) is 61.4 Å². The van der Waals surface area contributed by atoms with E-state index in [1.807, 2.05) is 0 Å². The second kappa shape index (κ2) is 9.16.